The van der Waals surface area contributed by atoms with Gasteiger partial charge in [0.2, 0.25) is 10.2 Å². The predicted octanol–water partition coefficient (Wildman–Crippen LogP) is 2.00. The van der Waals surface area contributed by atoms with Crippen LogP contribution in [-0.4, -0.2) is 96.9 Å². The van der Waals surface area contributed by atoms with Crippen molar-refractivity contribution in [2.24, 2.45) is 5.14 Å². The summed E-state index contributed by atoms with van der Waals surface area (Å²) in [6, 6.07) is 11.1. The van der Waals surface area contributed by atoms with Crippen molar-refractivity contribution in [3.8, 4) is 11.5 Å². The summed E-state index contributed by atoms with van der Waals surface area (Å²) in [4.78, 5) is 28.4. The molecule has 4 aromatic rings. The Morgan fingerprint density at radius 1 is 1.06 bits per heavy atom. The summed E-state index contributed by atoms with van der Waals surface area (Å²) in [5.41, 5.74) is 1.80. The molecule has 0 radical (unpaired) electrons. The lowest BCUT2D eigenvalue weighted by Gasteiger charge is -2.14. The lowest BCUT2D eigenvalue weighted by atomic mass is 10.2. The first-order valence-corrected chi connectivity index (χ1v) is 17.6. The number of nitrogens with two attached hydrogens (primary N) is 1. The number of carboxylic acids is 1. The molecular formula is C28H33FN6O9S3. The number of halogens is 1. The maximum absolute atomic E-state index is 12.6. The summed E-state index contributed by atoms with van der Waals surface area (Å²) in [5.74, 6) is -0.0165. The predicted molar refractivity (Wildman–Crippen MR) is 171 cm³/mol. The highest BCUT2D eigenvalue weighted by Gasteiger charge is 2.21. The maximum atomic E-state index is 12.6. The summed E-state index contributed by atoms with van der Waals surface area (Å²) in [7, 11) is -3.91. The van der Waals surface area contributed by atoms with E-state index in [-0.39, 0.29) is 29.9 Å². The van der Waals surface area contributed by atoms with Crippen LogP contribution in [0.3, 0.4) is 0 Å². The van der Waals surface area contributed by atoms with Gasteiger partial charge in [0.05, 0.1) is 42.8 Å². The monoisotopic (exact) mass is 712 g/mol. The van der Waals surface area contributed by atoms with Crippen LogP contribution in [0.15, 0.2) is 53.0 Å². The second kappa shape index (κ2) is 17.9. The number of thioether (sulfide) groups is 1. The average molecular weight is 713 g/mol. The number of nitrogens with one attached hydrogen (secondary N) is 1. The van der Waals surface area contributed by atoms with Crippen molar-refractivity contribution >= 4 is 55.2 Å². The van der Waals surface area contributed by atoms with Crippen LogP contribution in [0.2, 0.25) is 0 Å². The summed E-state index contributed by atoms with van der Waals surface area (Å²) in [6.45, 7) is 0.620. The lowest BCUT2D eigenvalue weighted by Crippen LogP contribution is -2.44. The van der Waals surface area contributed by atoms with E-state index in [9.17, 15) is 27.5 Å². The molecule has 0 aliphatic heterocycles. The van der Waals surface area contributed by atoms with E-state index in [1.807, 2.05) is 18.2 Å². The highest BCUT2D eigenvalue weighted by atomic mass is 32.2. The van der Waals surface area contributed by atoms with Crippen LogP contribution in [0.5, 0.6) is 11.5 Å². The number of thiazole rings is 1. The number of carboxylic acid groups (broad SMARTS) is 1. The minimum atomic E-state index is -3.91. The Kier molecular flexibility index (Phi) is 13.7. The number of aromatic nitrogens is 4. The Balaban J connectivity index is 1.18. The van der Waals surface area contributed by atoms with Gasteiger partial charge in [-0.2, -0.15) is 11.8 Å². The number of hydrogen-bond donors (Lipinski definition) is 3. The molecular weight excluding hydrogens is 680 g/mol. The molecule has 0 saturated heterocycles. The SMILES string of the molecule is NS(=O)(=O)c1nc2ccc(OCc3cn(CC(=O)N[C@@H](CSCc4cccc(OCCOCCOCCF)c4)C(=O)O)nn3)cc2s1. The van der Waals surface area contributed by atoms with Gasteiger partial charge in [-0.1, -0.05) is 17.3 Å². The molecule has 2 aromatic carbocycles. The first-order chi connectivity index (χ1) is 22.6. The van der Waals surface area contributed by atoms with E-state index < -0.39 is 34.6 Å². The first-order valence-electron chi connectivity index (χ1n) is 14.1. The Bertz CT molecular complexity index is 1740. The van der Waals surface area contributed by atoms with Crippen LogP contribution in [0.1, 0.15) is 11.3 Å². The van der Waals surface area contributed by atoms with Gasteiger partial charge in [-0.3, -0.25) is 4.79 Å². The molecule has 4 rings (SSSR count). The Hall–Kier alpha value is -3.88. The van der Waals surface area contributed by atoms with Gasteiger partial charge in [0.15, 0.2) is 0 Å². The first kappa shape index (κ1) is 36.0. The number of carbonyl (C=O) groups excluding carboxylic acids is 1. The highest BCUT2D eigenvalue weighted by molar-refractivity contribution is 7.98. The summed E-state index contributed by atoms with van der Waals surface area (Å²) < 4.78 is 58.5. The topological polar surface area (TPSA) is 207 Å². The average Bonchev–Trinajstić information content (AvgIpc) is 3.67. The fraction of sp³-hybridized carbons (Fsp3) is 0.393. The number of alkyl halides is 1. The van der Waals surface area contributed by atoms with Crippen LogP contribution in [0.4, 0.5) is 4.39 Å². The zero-order valence-electron chi connectivity index (χ0n) is 24.9. The third kappa shape index (κ3) is 12.0. The van der Waals surface area contributed by atoms with E-state index in [1.54, 1.807) is 24.3 Å². The highest BCUT2D eigenvalue weighted by Crippen LogP contribution is 2.28. The van der Waals surface area contributed by atoms with E-state index >= 15 is 0 Å². The molecule has 2 aromatic heterocycles. The minimum Gasteiger partial charge on any atom is -0.491 e. The molecule has 254 valence electrons. The van der Waals surface area contributed by atoms with Gasteiger partial charge in [0.1, 0.15) is 49.7 Å². The third-order valence-corrected chi connectivity index (χ3v) is 9.48. The molecule has 0 spiro atoms. The quantitative estimate of drug-likeness (QED) is 0.106. The largest absolute Gasteiger partial charge is 0.491 e. The summed E-state index contributed by atoms with van der Waals surface area (Å²) in [6.07, 6.45) is 1.50. The second-order valence-electron chi connectivity index (χ2n) is 9.73. The van der Waals surface area contributed by atoms with Crippen molar-refractivity contribution in [2.75, 3.05) is 45.5 Å². The molecule has 2 heterocycles. The molecule has 15 nitrogen and oxygen atoms in total. The maximum Gasteiger partial charge on any atom is 0.327 e. The van der Waals surface area contributed by atoms with Gasteiger partial charge >= 0.3 is 5.97 Å². The summed E-state index contributed by atoms with van der Waals surface area (Å²) >= 11 is 2.27. The molecule has 1 atom stereocenters. The minimum absolute atomic E-state index is 0.0143. The Labute approximate surface area is 277 Å². The fourth-order valence-corrected chi connectivity index (χ4v) is 6.59. The van der Waals surface area contributed by atoms with Gasteiger partial charge in [0, 0.05) is 11.5 Å². The molecule has 0 bridgehead atoms. The number of aliphatic carboxylic acids is 1. The Morgan fingerprint density at radius 2 is 1.83 bits per heavy atom. The van der Waals surface area contributed by atoms with Gasteiger partial charge in [-0.15, -0.1) is 16.4 Å². The zero-order chi connectivity index (χ0) is 33.6. The van der Waals surface area contributed by atoms with Crippen LogP contribution >= 0.6 is 23.1 Å². The number of ether oxygens (including phenoxy) is 4. The van der Waals surface area contributed by atoms with E-state index in [4.69, 9.17) is 24.1 Å². The molecule has 19 heteroatoms. The van der Waals surface area contributed by atoms with Gasteiger partial charge in [0.25, 0.3) is 10.0 Å². The number of nitrogens with zero attached hydrogens (tertiary/aromatic N) is 4. The van der Waals surface area contributed by atoms with Crippen molar-refractivity contribution in [3.63, 3.8) is 0 Å². The fourth-order valence-electron chi connectivity index (χ4n) is 3.91. The number of sulfonamides is 1. The van der Waals surface area contributed by atoms with E-state index in [0.717, 1.165) is 16.9 Å². The second-order valence-corrected chi connectivity index (χ2v) is 13.5. The van der Waals surface area contributed by atoms with Crippen LogP contribution < -0.4 is 19.9 Å². The van der Waals surface area contributed by atoms with E-state index in [0.29, 0.717) is 59.6 Å². The van der Waals surface area contributed by atoms with Crippen LogP contribution in [0, 0.1) is 0 Å². The van der Waals surface area contributed by atoms with Crippen LogP contribution in [0.25, 0.3) is 10.2 Å². The Morgan fingerprint density at radius 3 is 2.60 bits per heavy atom. The number of fused-ring (bicyclic) bond motifs is 1. The number of rotatable bonds is 21. The number of hydrogen-bond acceptors (Lipinski definition) is 13. The molecule has 0 fully saturated rings. The molecule has 4 N–H and O–H groups in total. The lowest BCUT2D eigenvalue weighted by molar-refractivity contribution is -0.141. The van der Waals surface area contributed by atoms with Crippen LogP contribution in [-0.2, 0) is 48.0 Å². The molecule has 0 saturated carbocycles. The zero-order valence-corrected chi connectivity index (χ0v) is 27.4. The van der Waals surface area contributed by atoms with Crippen molar-refractivity contribution in [1.29, 1.82) is 0 Å². The number of primary sulfonamides is 1. The van der Waals surface area contributed by atoms with Crippen molar-refractivity contribution < 1.29 is 46.5 Å². The molecule has 0 aliphatic rings. The molecule has 0 unspecified atom stereocenters. The summed E-state index contributed by atoms with van der Waals surface area (Å²) in [5, 5.41) is 25.2. The van der Waals surface area contributed by atoms with Gasteiger partial charge in [-0.25, -0.2) is 32.4 Å². The molecule has 47 heavy (non-hydrogen) atoms. The smallest absolute Gasteiger partial charge is 0.327 e. The third-order valence-electron chi connectivity index (χ3n) is 6.04. The van der Waals surface area contributed by atoms with Crippen molar-refractivity contribution in [2.45, 2.75) is 29.3 Å². The number of amides is 1. The molecule has 0 aliphatic carbocycles. The number of carbonyl (C=O) groups is 2. The molecule has 1 amide bonds. The van der Waals surface area contributed by atoms with Gasteiger partial charge in [-0.05, 0) is 35.9 Å². The normalized spacial score (nSPS) is 12.2. The van der Waals surface area contributed by atoms with Gasteiger partial charge < -0.3 is 29.4 Å². The van der Waals surface area contributed by atoms with Crippen molar-refractivity contribution in [1.82, 2.24) is 25.3 Å². The van der Waals surface area contributed by atoms with Crippen molar-refractivity contribution in [3.05, 3.63) is 59.9 Å². The number of benzene rings is 2. The van der Waals surface area contributed by atoms with E-state index in [2.05, 4.69) is 20.6 Å². The van der Waals surface area contributed by atoms with E-state index in [1.165, 1.54) is 22.6 Å². The standard InChI is InChI=1S/C28H33FN6O9S3/c29-6-7-41-8-9-42-10-11-43-21-3-1-2-19(12-21)17-45-18-24(27(37)38)31-26(36)15-35-14-20(33-34-35)16-44-22-4-5-23-25(13-22)46-28(32-23)47(30,39)40/h1-5,12-14,24H,6-11,15-18H2,(H,31,36)(H,37,38)(H2,30,39,40)/t24-/m0/s1.